The van der Waals surface area contributed by atoms with Crippen LogP contribution in [0, 0.1) is 6.92 Å². The Hall–Kier alpha value is -2.12. The number of nitrogens with zero attached hydrogens (tertiary/aromatic N) is 2. The van der Waals surface area contributed by atoms with E-state index in [1.165, 1.54) is 4.90 Å². The summed E-state index contributed by atoms with van der Waals surface area (Å²) in [7, 11) is 0. The van der Waals surface area contributed by atoms with Gasteiger partial charge in [0.15, 0.2) is 0 Å². The number of hydrogen-bond donors (Lipinski definition) is 1. The van der Waals surface area contributed by atoms with Gasteiger partial charge in [0.2, 0.25) is 5.91 Å². The Balaban J connectivity index is 1.54. The first-order valence-corrected chi connectivity index (χ1v) is 11.1. The van der Waals surface area contributed by atoms with Gasteiger partial charge in [-0.2, -0.15) is 0 Å². The van der Waals surface area contributed by atoms with Crippen molar-refractivity contribution in [2.75, 3.05) is 26.2 Å². The first-order valence-electron chi connectivity index (χ1n) is 10.3. The standard InChI is InChI=1S/C22H29N3O3S/c1-3-12-24-13-5-4-6-18(24)20(26)23-11-14-25-21(27)19(29-22(25)28)15-17-9-7-16(2)8-10-17/h7-10,15,18H,3-6,11-14H2,1-2H3,(H,23,26)/b19-15+. The van der Waals surface area contributed by atoms with Gasteiger partial charge in [-0.1, -0.05) is 43.2 Å². The largest absolute Gasteiger partial charge is 0.353 e. The third-order valence-corrected chi connectivity index (χ3v) is 6.22. The second-order valence-electron chi connectivity index (χ2n) is 7.58. The number of piperidine rings is 1. The van der Waals surface area contributed by atoms with E-state index in [9.17, 15) is 14.4 Å². The van der Waals surface area contributed by atoms with Gasteiger partial charge in [0.1, 0.15) is 0 Å². The van der Waals surface area contributed by atoms with E-state index in [1.54, 1.807) is 6.08 Å². The number of amides is 3. The summed E-state index contributed by atoms with van der Waals surface area (Å²) in [4.78, 5) is 41.3. The first-order chi connectivity index (χ1) is 14.0. The molecule has 1 N–H and O–H groups in total. The number of rotatable bonds is 7. The predicted molar refractivity (Wildman–Crippen MR) is 116 cm³/mol. The van der Waals surface area contributed by atoms with E-state index < -0.39 is 0 Å². The lowest BCUT2D eigenvalue weighted by atomic mass is 10.0. The number of nitrogens with one attached hydrogen (secondary N) is 1. The van der Waals surface area contributed by atoms with Crippen molar-refractivity contribution in [2.24, 2.45) is 0 Å². The van der Waals surface area contributed by atoms with E-state index in [-0.39, 0.29) is 36.2 Å². The summed E-state index contributed by atoms with van der Waals surface area (Å²) in [6.45, 7) is 6.48. The molecule has 0 saturated carbocycles. The number of carbonyl (C=O) groups excluding carboxylic acids is 3. The van der Waals surface area contributed by atoms with Crippen molar-refractivity contribution in [1.29, 1.82) is 0 Å². The van der Waals surface area contributed by atoms with Crippen molar-refractivity contribution in [2.45, 2.75) is 45.6 Å². The molecule has 2 aliphatic rings. The number of imide groups is 1. The smallest absolute Gasteiger partial charge is 0.293 e. The molecule has 0 aliphatic carbocycles. The number of thioether (sulfide) groups is 1. The Morgan fingerprint density at radius 1 is 1.21 bits per heavy atom. The fraction of sp³-hybridized carbons (Fsp3) is 0.500. The molecule has 2 heterocycles. The van der Waals surface area contributed by atoms with Gasteiger partial charge >= 0.3 is 0 Å². The molecule has 3 rings (SSSR count). The molecule has 6 nitrogen and oxygen atoms in total. The highest BCUT2D eigenvalue weighted by molar-refractivity contribution is 8.18. The summed E-state index contributed by atoms with van der Waals surface area (Å²) >= 11 is 0.952. The zero-order valence-electron chi connectivity index (χ0n) is 17.1. The molecule has 2 saturated heterocycles. The number of benzene rings is 1. The van der Waals surface area contributed by atoms with Crippen LogP contribution in [0.5, 0.6) is 0 Å². The average Bonchev–Trinajstić information content (AvgIpc) is 2.97. The summed E-state index contributed by atoms with van der Waals surface area (Å²) in [5, 5.41) is 2.64. The summed E-state index contributed by atoms with van der Waals surface area (Å²) in [6.07, 6.45) is 5.83. The highest BCUT2D eigenvalue weighted by Gasteiger charge is 2.35. The van der Waals surface area contributed by atoms with E-state index >= 15 is 0 Å². The number of likely N-dealkylation sites (tertiary alicyclic amines) is 1. The topological polar surface area (TPSA) is 69.7 Å². The van der Waals surface area contributed by atoms with E-state index in [0.717, 1.165) is 61.7 Å². The average molecular weight is 416 g/mol. The van der Waals surface area contributed by atoms with E-state index in [4.69, 9.17) is 0 Å². The summed E-state index contributed by atoms with van der Waals surface area (Å²) in [5.74, 6) is -0.291. The fourth-order valence-electron chi connectivity index (χ4n) is 3.76. The minimum absolute atomic E-state index is 0.000295. The summed E-state index contributed by atoms with van der Waals surface area (Å²) in [5.41, 5.74) is 2.03. The summed E-state index contributed by atoms with van der Waals surface area (Å²) in [6, 6.07) is 7.70. The Labute approximate surface area is 176 Å². The number of aryl methyl sites for hydroxylation is 1. The van der Waals surface area contributed by atoms with Crippen LogP contribution < -0.4 is 5.32 Å². The van der Waals surface area contributed by atoms with Gasteiger partial charge < -0.3 is 5.32 Å². The maximum absolute atomic E-state index is 12.6. The normalized spacial score (nSPS) is 21.8. The lowest BCUT2D eigenvalue weighted by Crippen LogP contribution is -2.50. The second-order valence-corrected chi connectivity index (χ2v) is 8.58. The molecule has 1 unspecified atom stereocenters. The first kappa shape index (κ1) is 21.6. The Kier molecular flexibility index (Phi) is 7.50. The lowest BCUT2D eigenvalue weighted by Gasteiger charge is -2.34. The predicted octanol–water partition coefficient (Wildman–Crippen LogP) is 3.41. The quantitative estimate of drug-likeness (QED) is 0.691. The SMILES string of the molecule is CCCN1CCCCC1C(=O)NCCN1C(=O)S/C(=C/c2ccc(C)cc2)C1=O. The van der Waals surface area contributed by atoms with Gasteiger partial charge in [-0.3, -0.25) is 24.2 Å². The zero-order valence-corrected chi connectivity index (χ0v) is 18.0. The maximum atomic E-state index is 12.6. The maximum Gasteiger partial charge on any atom is 0.293 e. The second kappa shape index (κ2) is 10.1. The monoisotopic (exact) mass is 415 g/mol. The van der Waals surface area contributed by atoms with Crippen molar-refractivity contribution in [3.63, 3.8) is 0 Å². The van der Waals surface area contributed by atoms with E-state index in [2.05, 4.69) is 17.1 Å². The molecule has 156 valence electrons. The molecule has 1 aromatic carbocycles. The Morgan fingerprint density at radius 2 is 1.97 bits per heavy atom. The van der Waals surface area contributed by atoms with Crippen LogP contribution in [0.3, 0.4) is 0 Å². The minimum atomic E-state index is -0.292. The van der Waals surface area contributed by atoms with Crippen LogP contribution >= 0.6 is 11.8 Å². The number of hydrogen-bond acceptors (Lipinski definition) is 5. The van der Waals surface area contributed by atoms with Gasteiger partial charge in [0, 0.05) is 13.1 Å². The molecule has 2 aliphatic heterocycles. The molecule has 1 atom stereocenters. The van der Waals surface area contributed by atoms with Crippen molar-refractivity contribution < 1.29 is 14.4 Å². The third-order valence-electron chi connectivity index (χ3n) is 5.31. The van der Waals surface area contributed by atoms with Crippen LogP contribution in [0.15, 0.2) is 29.2 Å². The highest BCUT2D eigenvalue weighted by Crippen LogP contribution is 2.31. The molecule has 0 aromatic heterocycles. The van der Waals surface area contributed by atoms with Gasteiger partial charge in [-0.15, -0.1) is 0 Å². The summed E-state index contributed by atoms with van der Waals surface area (Å²) < 4.78 is 0. The van der Waals surface area contributed by atoms with Crippen molar-refractivity contribution in [3.8, 4) is 0 Å². The Bertz CT molecular complexity index is 789. The van der Waals surface area contributed by atoms with Gasteiger partial charge in [-0.25, -0.2) is 0 Å². The molecule has 0 bridgehead atoms. The van der Waals surface area contributed by atoms with E-state index in [1.807, 2.05) is 31.2 Å². The van der Waals surface area contributed by atoms with Crippen molar-refractivity contribution in [3.05, 3.63) is 40.3 Å². The highest BCUT2D eigenvalue weighted by atomic mass is 32.2. The molecule has 29 heavy (non-hydrogen) atoms. The fourth-order valence-corrected chi connectivity index (χ4v) is 4.62. The van der Waals surface area contributed by atoms with Crippen LogP contribution in [-0.2, 0) is 9.59 Å². The van der Waals surface area contributed by atoms with Crippen LogP contribution in [0.25, 0.3) is 6.08 Å². The zero-order chi connectivity index (χ0) is 20.8. The molecular weight excluding hydrogens is 386 g/mol. The van der Waals surface area contributed by atoms with Gasteiger partial charge in [-0.05, 0) is 62.7 Å². The lowest BCUT2D eigenvalue weighted by molar-refractivity contribution is -0.128. The molecule has 7 heteroatoms. The van der Waals surface area contributed by atoms with Crippen molar-refractivity contribution >= 4 is 34.9 Å². The Morgan fingerprint density at radius 3 is 2.69 bits per heavy atom. The minimum Gasteiger partial charge on any atom is -0.353 e. The molecular formula is C22H29N3O3S. The van der Waals surface area contributed by atoms with Crippen LogP contribution in [0.4, 0.5) is 4.79 Å². The molecule has 0 radical (unpaired) electrons. The number of carbonyl (C=O) groups is 3. The van der Waals surface area contributed by atoms with Crippen LogP contribution in [-0.4, -0.2) is 59.1 Å². The molecule has 3 amide bonds. The molecule has 0 spiro atoms. The molecule has 1 aromatic rings. The van der Waals surface area contributed by atoms with Crippen LogP contribution in [0.1, 0.15) is 43.7 Å². The van der Waals surface area contributed by atoms with Gasteiger partial charge in [0.05, 0.1) is 10.9 Å². The van der Waals surface area contributed by atoms with E-state index in [0.29, 0.717) is 4.91 Å². The third kappa shape index (κ3) is 5.48. The molecule has 2 fully saturated rings. The van der Waals surface area contributed by atoms with Crippen molar-refractivity contribution in [1.82, 2.24) is 15.1 Å². The van der Waals surface area contributed by atoms with Gasteiger partial charge in [0.25, 0.3) is 11.1 Å². The van der Waals surface area contributed by atoms with Crippen LogP contribution in [0.2, 0.25) is 0 Å².